The minimum atomic E-state index is -0.343. The van der Waals surface area contributed by atoms with Crippen LogP contribution >= 0.6 is 11.6 Å². The lowest BCUT2D eigenvalue weighted by molar-refractivity contribution is 0.0538. The number of nitrogens with one attached hydrogen (secondary N) is 1. The van der Waals surface area contributed by atoms with Gasteiger partial charge >= 0.3 is 0 Å². The van der Waals surface area contributed by atoms with E-state index in [0.29, 0.717) is 5.92 Å². The molecule has 1 unspecified atom stereocenters. The largest absolute Gasteiger partial charge is 0.381 e. The first kappa shape index (κ1) is 13.8. The van der Waals surface area contributed by atoms with Crippen LogP contribution in [0.1, 0.15) is 31.4 Å². The topological polar surface area (TPSA) is 21.3 Å². The van der Waals surface area contributed by atoms with E-state index in [1.54, 1.807) is 12.1 Å². The average molecular weight is 272 g/mol. The van der Waals surface area contributed by atoms with E-state index in [4.69, 9.17) is 16.3 Å². The van der Waals surface area contributed by atoms with Crippen molar-refractivity contribution in [1.29, 1.82) is 0 Å². The first-order chi connectivity index (χ1) is 8.72. The Labute approximate surface area is 112 Å². The fourth-order valence-electron chi connectivity index (χ4n) is 2.53. The second-order valence-corrected chi connectivity index (χ2v) is 5.07. The Kier molecular flexibility index (Phi) is 4.98. The molecular formula is C14H19ClFNO. The van der Waals surface area contributed by atoms with E-state index in [1.165, 1.54) is 0 Å². The van der Waals surface area contributed by atoms with Gasteiger partial charge in [0.15, 0.2) is 0 Å². The van der Waals surface area contributed by atoms with Crippen molar-refractivity contribution in [3.05, 3.63) is 34.6 Å². The quantitative estimate of drug-likeness (QED) is 0.904. The van der Waals surface area contributed by atoms with Gasteiger partial charge in [0.2, 0.25) is 0 Å². The first-order valence-corrected chi connectivity index (χ1v) is 6.86. The van der Waals surface area contributed by atoms with Crippen LogP contribution in [0, 0.1) is 11.7 Å². The molecule has 0 amide bonds. The summed E-state index contributed by atoms with van der Waals surface area (Å²) in [6, 6.07) is 5.28. The maximum atomic E-state index is 13.6. The van der Waals surface area contributed by atoms with Gasteiger partial charge in [-0.05, 0) is 43.0 Å². The van der Waals surface area contributed by atoms with Crippen molar-refractivity contribution in [3.8, 4) is 0 Å². The van der Waals surface area contributed by atoms with Crippen LogP contribution < -0.4 is 5.32 Å². The average Bonchev–Trinajstić information content (AvgIpc) is 2.40. The minimum absolute atomic E-state index is 0.181. The SMILES string of the molecule is CCNC(c1ccc(Cl)c(F)c1)C1CCOCC1. The molecule has 1 saturated heterocycles. The van der Waals surface area contributed by atoms with E-state index in [-0.39, 0.29) is 16.9 Å². The molecule has 1 fully saturated rings. The van der Waals surface area contributed by atoms with Gasteiger partial charge in [0, 0.05) is 19.3 Å². The summed E-state index contributed by atoms with van der Waals surface area (Å²) in [5.74, 6) is 0.156. The summed E-state index contributed by atoms with van der Waals surface area (Å²) < 4.78 is 18.9. The number of hydrogen-bond acceptors (Lipinski definition) is 2. The van der Waals surface area contributed by atoms with E-state index in [0.717, 1.165) is 38.2 Å². The van der Waals surface area contributed by atoms with Crippen molar-refractivity contribution in [1.82, 2.24) is 5.32 Å². The zero-order chi connectivity index (χ0) is 13.0. The Bertz CT molecular complexity index is 393. The molecule has 0 radical (unpaired) electrons. The maximum absolute atomic E-state index is 13.6. The highest BCUT2D eigenvalue weighted by Gasteiger charge is 2.25. The predicted molar refractivity (Wildman–Crippen MR) is 71.4 cm³/mol. The minimum Gasteiger partial charge on any atom is -0.381 e. The van der Waals surface area contributed by atoms with E-state index < -0.39 is 0 Å². The second-order valence-electron chi connectivity index (χ2n) is 4.66. The summed E-state index contributed by atoms with van der Waals surface area (Å²) >= 11 is 5.73. The number of hydrogen-bond donors (Lipinski definition) is 1. The third kappa shape index (κ3) is 3.22. The molecule has 2 rings (SSSR count). The Morgan fingerprint density at radius 3 is 2.78 bits per heavy atom. The number of benzene rings is 1. The Balaban J connectivity index is 2.19. The van der Waals surface area contributed by atoms with Gasteiger partial charge in [-0.3, -0.25) is 0 Å². The van der Waals surface area contributed by atoms with Crippen molar-refractivity contribution in [3.63, 3.8) is 0 Å². The number of rotatable bonds is 4. The molecule has 1 aliphatic heterocycles. The molecule has 1 aromatic rings. The van der Waals surface area contributed by atoms with E-state index in [1.807, 2.05) is 6.07 Å². The first-order valence-electron chi connectivity index (χ1n) is 6.48. The van der Waals surface area contributed by atoms with Gasteiger partial charge < -0.3 is 10.1 Å². The van der Waals surface area contributed by atoms with Crippen LogP contribution in [0.25, 0.3) is 0 Å². The number of halogens is 2. The summed E-state index contributed by atoms with van der Waals surface area (Å²) in [4.78, 5) is 0. The number of ether oxygens (including phenoxy) is 1. The molecule has 1 aromatic carbocycles. The molecule has 2 nitrogen and oxygen atoms in total. The highest BCUT2D eigenvalue weighted by molar-refractivity contribution is 6.30. The maximum Gasteiger partial charge on any atom is 0.142 e. The molecule has 0 bridgehead atoms. The molecule has 0 saturated carbocycles. The summed E-state index contributed by atoms with van der Waals surface area (Å²) in [6.07, 6.45) is 2.03. The van der Waals surface area contributed by atoms with Gasteiger partial charge in [-0.25, -0.2) is 4.39 Å². The van der Waals surface area contributed by atoms with Gasteiger partial charge in [0.1, 0.15) is 5.82 Å². The Morgan fingerprint density at radius 2 is 2.17 bits per heavy atom. The van der Waals surface area contributed by atoms with Gasteiger partial charge in [-0.1, -0.05) is 24.6 Å². The van der Waals surface area contributed by atoms with Crippen molar-refractivity contribution in [2.75, 3.05) is 19.8 Å². The van der Waals surface area contributed by atoms with Gasteiger partial charge in [0.05, 0.1) is 5.02 Å². The summed E-state index contributed by atoms with van der Waals surface area (Å²) in [7, 11) is 0. The fourth-order valence-corrected chi connectivity index (χ4v) is 2.65. The summed E-state index contributed by atoms with van der Waals surface area (Å²) in [6.45, 7) is 4.52. The van der Waals surface area contributed by atoms with Gasteiger partial charge in [-0.15, -0.1) is 0 Å². The lowest BCUT2D eigenvalue weighted by atomic mass is 9.87. The molecule has 0 spiro atoms. The molecule has 1 atom stereocenters. The lowest BCUT2D eigenvalue weighted by Crippen LogP contribution is -2.32. The second kappa shape index (κ2) is 6.50. The van der Waals surface area contributed by atoms with Crippen molar-refractivity contribution in [2.24, 2.45) is 5.92 Å². The highest BCUT2D eigenvalue weighted by atomic mass is 35.5. The van der Waals surface area contributed by atoms with Gasteiger partial charge in [0.25, 0.3) is 0 Å². The van der Waals surface area contributed by atoms with Gasteiger partial charge in [-0.2, -0.15) is 0 Å². The third-order valence-corrected chi connectivity index (χ3v) is 3.77. The van der Waals surface area contributed by atoms with Crippen LogP contribution in [0.2, 0.25) is 5.02 Å². The normalized spacial score (nSPS) is 18.8. The van der Waals surface area contributed by atoms with Crippen LogP contribution in [-0.4, -0.2) is 19.8 Å². The smallest absolute Gasteiger partial charge is 0.142 e. The lowest BCUT2D eigenvalue weighted by Gasteiger charge is -2.31. The standard InChI is InChI=1S/C14H19ClFNO/c1-2-17-14(10-5-7-18-8-6-10)11-3-4-12(15)13(16)9-11/h3-4,9-10,14,17H,2,5-8H2,1H3. The van der Waals surface area contributed by atoms with Crippen LogP contribution in [0.4, 0.5) is 4.39 Å². The van der Waals surface area contributed by atoms with Crippen molar-refractivity contribution >= 4 is 11.6 Å². The molecule has 1 heterocycles. The zero-order valence-electron chi connectivity index (χ0n) is 10.6. The monoisotopic (exact) mass is 271 g/mol. The summed E-state index contributed by atoms with van der Waals surface area (Å²) in [5, 5.41) is 3.63. The molecule has 0 aliphatic carbocycles. The van der Waals surface area contributed by atoms with E-state index in [9.17, 15) is 4.39 Å². The van der Waals surface area contributed by atoms with Crippen LogP contribution in [-0.2, 0) is 4.74 Å². The van der Waals surface area contributed by atoms with Crippen molar-refractivity contribution < 1.29 is 9.13 Å². The zero-order valence-corrected chi connectivity index (χ0v) is 11.3. The third-order valence-electron chi connectivity index (χ3n) is 3.46. The van der Waals surface area contributed by atoms with Crippen molar-refractivity contribution in [2.45, 2.75) is 25.8 Å². The summed E-state index contributed by atoms with van der Waals surface area (Å²) in [5.41, 5.74) is 0.977. The fraction of sp³-hybridized carbons (Fsp3) is 0.571. The molecule has 4 heteroatoms. The Hall–Kier alpha value is -0.640. The highest BCUT2D eigenvalue weighted by Crippen LogP contribution is 2.31. The molecule has 1 aliphatic rings. The molecule has 100 valence electrons. The molecule has 0 aromatic heterocycles. The molecule has 18 heavy (non-hydrogen) atoms. The van der Waals surface area contributed by atoms with Crippen LogP contribution in [0.5, 0.6) is 0 Å². The molecular weight excluding hydrogens is 253 g/mol. The predicted octanol–water partition coefficient (Wildman–Crippen LogP) is 3.56. The van der Waals surface area contributed by atoms with E-state index in [2.05, 4.69) is 12.2 Å². The van der Waals surface area contributed by atoms with Crippen LogP contribution in [0.15, 0.2) is 18.2 Å². The molecule has 1 N–H and O–H groups in total. The van der Waals surface area contributed by atoms with E-state index >= 15 is 0 Å². The Morgan fingerprint density at radius 1 is 1.44 bits per heavy atom. The van der Waals surface area contributed by atoms with Crippen LogP contribution in [0.3, 0.4) is 0 Å².